The molecule has 3 atom stereocenters. The van der Waals surface area contributed by atoms with Gasteiger partial charge in [0.15, 0.2) is 0 Å². The molecule has 2 aromatic carbocycles. The molecule has 1 saturated carbocycles. The van der Waals surface area contributed by atoms with Crippen LogP contribution in [-0.2, 0) is 10.0 Å². The van der Waals surface area contributed by atoms with Gasteiger partial charge in [0.2, 0.25) is 10.0 Å². The van der Waals surface area contributed by atoms with Gasteiger partial charge in [0.05, 0.1) is 11.5 Å². The second-order valence-corrected chi connectivity index (χ2v) is 11.8. The second kappa shape index (κ2) is 10.2. The summed E-state index contributed by atoms with van der Waals surface area (Å²) in [6, 6.07) is 17.2. The van der Waals surface area contributed by atoms with Crippen LogP contribution < -0.4 is 0 Å². The summed E-state index contributed by atoms with van der Waals surface area (Å²) in [5, 5.41) is 10.2. The molecule has 1 aliphatic carbocycles. The molecule has 6 heteroatoms. The second-order valence-electron chi connectivity index (χ2n) is 9.84. The lowest BCUT2D eigenvalue weighted by molar-refractivity contribution is -0.0553. The highest BCUT2D eigenvalue weighted by Crippen LogP contribution is 2.42. The third-order valence-corrected chi connectivity index (χ3v) is 9.66. The zero-order valence-corrected chi connectivity index (χ0v) is 20.5. The number of sulfonamides is 1. The van der Waals surface area contributed by atoms with Crippen LogP contribution in [0.2, 0.25) is 0 Å². The van der Waals surface area contributed by atoms with E-state index >= 15 is 0 Å². The van der Waals surface area contributed by atoms with E-state index in [0.717, 1.165) is 30.5 Å². The summed E-state index contributed by atoms with van der Waals surface area (Å²) in [6.45, 7) is 1.96. The zero-order valence-electron chi connectivity index (χ0n) is 19.6. The van der Waals surface area contributed by atoms with Crippen molar-refractivity contribution in [3.05, 3.63) is 65.7 Å². The van der Waals surface area contributed by atoms with Crippen molar-refractivity contribution in [2.45, 2.75) is 61.4 Å². The van der Waals surface area contributed by atoms with Crippen molar-refractivity contribution in [3.8, 4) is 11.8 Å². The van der Waals surface area contributed by atoms with Crippen molar-refractivity contribution < 1.29 is 13.5 Å². The maximum Gasteiger partial charge on any atom is 0.243 e. The van der Waals surface area contributed by atoms with Gasteiger partial charge in [-0.05, 0) is 62.1 Å². The number of fused-ring (bicyclic) bond motifs is 1. The molecule has 5 rings (SSSR count). The van der Waals surface area contributed by atoms with Gasteiger partial charge in [-0.1, -0.05) is 55.0 Å². The summed E-state index contributed by atoms with van der Waals surface area (Å²) < 4.78 is 28.4. The van der Waals surface area contributed by atoms with Gasteiger partial charge in [-0.2, -0.15) is 4.31 Å². The quantitative estimate of drug-likeness (QED) is 0.679. The number of aliphatic hydroxyl groups excluding tert-OH is 1. The van der Waals surface area contributed by atoms with Gasteiger partial charge in [-0.15, -0.1) is 0 Å². The Hall–Kier alpha value is -2.17. The van der Waals surface area contributed by atoms with Crippen LogP contribution in [0.4, 0.5) is 0 Å². The molecule has 0 spiro atoms. The van der Waals surface area contributed by atoms with Crippen molar-refractivity contribution in [1.82, 2.24) is 9.21 Å². The molecule has 0 unspecified atom stereocenters. The van der Waals surface area contributed by atoms with Crippen molar-refractivity contribution in [1.29, 1.82) is 0 Å². The fourth-order valence-corrected chi connectivity index (χ4v) is 7.43. The normalized spacial score (nSPS) is 26.6. The molecule has 5 nitrogen and oxygen atoms in total. The number of nitrogens with zero attached hydrogens (tertiary/aromatic N) is 2. The zero-order chi connectivity index (χ0) is 23.5. The molecule has 0 radical (unpaired) electrons. The van der Waals surface area contributed by atoms with E-state index in [9.17, 15) is 13.5 Å². The Balaban J connectivity index is 1.37. The molecule has 34 heavy (non-hydrogen) atoms. The van der Waals surface area contributed by atoms with Crippen LogP contribution in [-0.4, -0.2) is 61.1 Å². The van der Waals surface area contributed by atoms with Gasteiger partial charge in [0.25, 0.3) is 0 Å². The molecule has 0 aromatic heterocycles. The predicted octanol–water partition coefficient (Wildman–Crippen LogP) is 3.84. The van der Waals surface area contributed by atoms with E-state index in [1.807, 2.05) is 6.07 Å². The monoisotopic (exact) mass is 478 g/mol. The lowest BCUT2D eigenvalue weighted by atomic mass is 9.74. The van der Waals surface area contributed by atoms with Crippen molar-refractivity contribution in [2.75, 3.05) is 26.2 Å². The van der Waals surface area contributed by atoms with E-state index in [-0.39, 0.29) is 24.6 Å². The van der Waals surface area contributed by atoms with Gasteiger partial charge < -0.3 is 5.11 Å². The smallest absolute Gasteiger partial charge is 0.243 e. The Kier molecular flexibility index (Phi) is 7.08. The van der Waals surface area contributed by atoms with E-state index in [2.05, 4.69) is 41.0 Å². The SMILES string of the molecule is O=S(=O)(c1ccccc1)N1CCCCN2[C@@H](CO)[C@H](c3ccc(C#CC4CCCC4)cc3)[C@@H]2C1. The fraction of sp³-hybridized carbons (Fsp3) is 0.500. The van der Waals surface area contributed by atoms with E-state index in [0.29, 0.717) is 23.9 Å². The molecule has 2 aromatic rings. The third-order valence-electron chi connectivity index (χ3n) is 7.78. The number of hydrogen-bond acceptors (Lipinski definition) is 4. The Morgan fingerprint density at radius 1 is 0.912 bits per heavy atom. The first kappa shape index (κ1) is 23.6. The first-order valence-corrected chi connectivity index (χ1v) is 14.1. The third kappa shape index (κ3) is 4.67. The molecule has 2 aliphatic heterocycles. The summed E-state index contributed by atoms with van der Waals surface area (Å²) in [4.78, 5) is 2.66. The molecular weight excluding hydrogens is 444 g/mol. The molecule has 180 valence electrons. The molecule has 0 bridgehead atoms. The van der Waals surface area contributed by atoms with Gasteiger partial charge in [-0.3, -0.25) is 4.90 Å². The maximum absolute atomic E-state index is 13.4. The summed E-state index contributed by atoms with van der Waals surface area (Å²) in [5.74, 6) is 7.40. The first-order valence-electron chi connectivity index (χ1n) is 12.6. The van der Waals surface area contributed by atoms with Crippen LogP contribution in [0.3, 0.4) is 0 Å². The van der Waals surface area contributed by atoms with E-state index in [1.54, 1.807) is 28.6 Å². The average molecular weight is 479 g/mol. The standard InChI is InChI=1S/C28H34N2O3S/c31-21-27-28(24-16-14-23(15-17-24)13-12-22-8-4-5-9-22)26-20-29(18-6-7-19-30(26)27)34(32,33)25-10-2-1-3-11-25/h1-3,10-11,14-17,22,26-28,31H,4-9,18-21H2/t26-,27-,28+/m0/s1. The lowest BCUT2D eigenvalue weighted by Gasteiger charge is -2.57. The van der Waals surface area contributed by atoms with Gasteiger partial charge in [-0.25, -0.2) is 8.42 Å². The Bertz CT molecular complexity index is 1130. The minimum atomic E-state index is -3.55. The number of aliphatic hydroxyl groups is 1. The Labute approximate surface area is 203 Å². The summed E-state index contributed by atoms with van der Waals surface area (Å²) >= 11 is 0. The number of benzene rings is 2. The maximum atomic E-state index is 13.4. The van der Waals surface area contributed by atoms with Crippen LogP contribution in [0, 0.1) is 17.8 Å². The minimum Gasteiger partial charge on any atom is -0.395 e. The van der Waals surface area contributed by atoms with Gasteiger partial charge >= 0.3 is 0 Å². The van der Waals surface area contributed by atoms with E-state index < -0.39 is 10.0 Å². The molecular formula is C28H34N2O3S. The minimum absolute atomic E-state index is 0.0276. The van der Waals surface area contributed by atoms with Gasteiger partial charge in [0.1, 0.15) is 0 Å². The van der Waals surface area contributed by atoms with Crippen LogP contribution in [0.1, 0.15) is 55.6 Å². The van der Waals surface area contributed by atoms with E-state index in [4.69, 9.17) is 0 Å². The highest BCUT2D eigenvalue weighted by atomic mass is 32.2. The largest absolute Gasteiger partial charge is 0.395 e. The van der Waals surface area contributed by atoms with Crippen molar-refractivity contribution in [2.24, 2.45) is 5.92 Å². The molecule has 2 heterocycles. The molecule has 3 fully saturated rings. The Morgan fingerprint density at radius 2 is 1.62 bits per heavy atom. The molecule has 0 amide bonds. The Morgan fingerprint density at radius 3 is 2.32 bits per heavy atom. The summed E-state index contributed by atoms with van der Waals surface area (Å²) in [6.07, 6.45) is 6.76. The lowest BCUT2D eigenvalue weighted by Crippen LogP contribution is -2.67. The first-order chi connectivity index (χ1) is 16.6. The topological polar surface area (TPSA) is 60.9 Å². The molecule has 2 saturated heterocycles. The van der Waals surface area contributed by atoms with E-state index in [1.165, 1.54) is 25.7 Å². The van der Waals surface area contributed by atoms with Gasteiger partial charge in [0, 0.05) is 42.6 Å². The number of rotatable bonds is 4. The van der Waals surface area contributed by atoms with Crippen LogP contribution in [0.25, 0.3) is 0 Å². The predicted molar refractivity (Wildman–Crippen MR) is 134 cm³/mol. The fourth-order valence-electron chi connectivity index (χ4n) is 5.91. The van der Waals surface area contributed by atoms with Crippen LogP contribution >= 0.6 is 0 Å². The van der Waals surface area contributed by atoms with Crippen molar-refractivity contribution in [3.63, 3.8) is 0 Å². The van der Waals surface area contributed by atoms with Crippen LogP contribution in [0.5, 0.6) is 0 Å². The van der Waals surface area contributed by atoms with Crippen molar-refractivity contribution >= 4 is 10.0 Å². The van der Waals surface area contributed by atoms with Crippen LogP contribution in [0.15, 0.2) is 59.5 Å². The molecule has 1 N–H and O–H groups in total. The summed E-state index contributed by atoms with van der Waals surface area (Å²) in [7, 11) is -3.55. The molecule has 3 aliphatic rings. The summed E-state index contributed by atoms with van der Waals surface area (Å²) in [5.41, 5.74) is 2.18. The number of hydrogen-bond donors (Lipinski definition) is 1. The average Bonchev–Trinajstić information content (AvgIpc) is 3.37. The highest BCUT2D eigenvalue weighted by Gasteiger charge is 2.50. The highest BCUT2D eigenvalue weighted by molar-refractivity contribution is 7.89.